The second-order valence-corrected chi connectivity index (χ2v) is 7.23. The molecule has 0 aliphatic carbocycles. The Balaban J connectivity index is 1.89. The summed E-state index contributed by atoms with van der Waals surface area (Å²) < 4.78 is 24.8. The van der Waals surface area contributed by atoms with Crippen molar-refractivity contribution >= 4 is 33.2 Å². The molecule has 10 heteroatoms. The van der Waals surface area contributed by atoms with Crippen LogP contribution >= 0.6 is 0 Å². The summed E-state index contributed by atoms with van der Waals surface area (Å²) in [7, 11) is -3.31. The summed E-state index contributed by atoms with van der Waals surface area (Å²) in [5.74, 6) is 1.35. The maximum absolute atomic E-state index is 11.2. The standard InChI is InChI=1S/C15H21N7O2S/c1-12-17-7-9-22(12)10-8-18-15(19-11-16)20-13-3-5-14(6-4-13)21-25(2,23)24/h3-6,21H,7-10H2,1-2H3,(H2,18,19,20). The van der Waals surface area contributed by atoms with E-state index in [-0.39, 0.29) is 0 Å². The zero-order valence-corrected chi connectivity index (χ0v) is 15.0. The van der Waals surface area contributed by atoms with Gasteiger partial charge in [0, 0.05) is 31.0 Å². The Kier molecular flexibility index (Phi) is 6.19. The minimum Gasteiger partial charge on any atom is -0.357 e. The zero-order chi connectivity index (χ0) is 18.3. The summed E-state index contributed by atoms with van der Waals surface area (Å²) in [6.07, 6.45) is 2.84. The van der Waals surface area contributed by atoms with Crippen LogP contribution in [0.4, 0.5) is 11.4 Å². The predicted octanol–water partition coefficient (Wildman–Crippen LogP) is 0.631. The van der Waals surface area contributed by atoms with Gasteiger partial charge in [-0.3, -0.25) is 9.71 Å². The van der Waals surface area contributed by atoms with Crippen molar-refractivity contribution in [3.8, 4) is 6.19 Å². The minimum absolute atomic E-state index is 0.333. The molecule has 2 rings (SSSR count). The molecule has 0 amide bonds. The Bertz CT molecular complexity index is 794. The van der Waals surface area contributed by atoms with E-state index in [4.69, 9.17) is 5.26 Å². The minimum atomic E-state index is -3.31. The number of benzene rings is 1. The summed E-state index contributed by atoms with van der Waals surface area (Å²) in [4.78, 5) is 10.2. The Morgan fingerprint density at radius 3 is 2.60 bits per heavy atom. The fourth-order valence-electron chi connectivity index (χ4n) is 2.31. The van der Waals surface area contributed by atoms with E-state index in [1.54, 1.807) is 30.5 Å². The number of hydrogen-bond acceptors (Lipinski definition) is 6. The van der Waals surface area contributed by atoms with E-state index in [0.29, 0.717) is 23.9 Å². The first kappa shape index (κ1) is 18.5. The molecule has 0 bridgehead atoms. The highest BCUT2D eigenvalue weighted by atomic mass is 32.2. The van der Waals surface area contributed by atoms with Crippen LogP contribution < -0.4 is 15.4 Å². The van der Waals surface area contributed by atoms with Gasteiger partial charge in [0.2, 0.25) is 22.2 Å². The lowest BCUT2D eigenvalue weighted by atomic mass is 10.3. The van der Waals surface area contributed by atoms with Crippen molar-refractivity contribution in [2.45, 2.75) is 6.92 Å². The van der Waals surface area contributed by atoms with Gasteiger partial charge < -0.3 is 15.5 Å². The summed E-state index contributed by atoms with van der Waals surface area (Å²) in [5.41, 5.74) is 1.14. The van der Waals surface area contributed by atoms with Crippen molar-refractivity contribution in [3.63, 3.8) is 0 Å². The quantitative estimate of drug-likeness (QED) is 0.387. The molecule has 0 radical (unpaired) electrons. The molecule has 9 nitrogen and oxygen atoms in total. The first-order valence-corrected chi connectivity index (χ1v) is 9.58. The number of hydrogen-bond donors (Lipinski definition) is 3. The predicted molar refractivity (Wildman–Crippen MR) is 99.1 cm³/mol. The van der Waals surface area contributed by atoms with E-state index in [1.807, 2.05) is 6.92 Å². The average molecular weight is 363 g/mol. The van der Waals surface area contributed by atoms with Crippen LogP contribution in [0, 0.1) is 11.5 Å². The van der Waals surface area contributed by atoms with Gasteiger partial charge in [-0.25, -0.2) is 8.42 Å². The first-order valence-electron chi connectivity index (χ1n) is 7.69. The summed E-state index contributed by atoms with van der Waals surface area (Å²) >= 11 is 0. The molecule has 1 aromatic rings. The second kappa shape index (κ2) is 8.34. The van der Waals surface area contributed by atoms with E-state index in [0.717, 1.165) is 31.7 Å². The third-order valence-electron chi connectivity index (χ3n) is 3.46. The fraction of sp³-hybridized carbons (Fsp3) is 0.400. The Labute approximate surface area is 147 Å². The smallest absolute Gasteiger partial charge is 0.229 e. The molecule has 1 aromatic carbocycles. The van der Waals surface area contributed by atoms with Gasteiger partial charge in [0.15, 0.2) is 0 Å². The summed E-state index contributed by atoms with van der Waals surface area (Å²) in [6.45, 7) is 5.06. The highest BCUT2D eigenvalue weighted by molar-refractivity contribution is 7.92. The maximum Gasteiger partial charge on any atom is 0.229 e. The van der Waals surface area contributed by atoms with Gasteiger partial charge in [-0.1, -0.05) is 0 Å². The molecule has 0 saturated carbocycles. The third-order valence-corrected chi connectivity index (χ3v) is 4.06. The van der Waals surface area contributed by atoms with Crippen LogP contribution in [0.25, 0.3) is 0 Å². The summed E-state index contributed by atoms with van der Waals surface area (Å²) in [5, 5.41) is 14.9. The zero-order valence-electron chi connectivity index (χ0n) is 14.2. The number of sulfonamides is 1. The number of rotatable bonds is 6. The van der Waals surface area contributed by atoms with Crippen LogP contribution in [0.3, 0.4) is 0 Å². The molecule has 0 aromatic heterocycles. The average Bonchev–Trinajstić information content (AvgIpc) is 2.93. The third kappa shape index (κ3) is 6.31. The SMILES string of the molecule is CC1=NCCN1CCN/C(=N\C#N)Nc1ccc(NS(C)(=O)=O)cc1. The number of anilines is 2. The van der Waals surface area contributed by atoms with Gasteiger partial charge in [0.25, 0.3) is 0 Å². The number of nitriles is 1. The first-order chi connectivity index (χ1) is 11.9. The van der Waals surface area contributed by atoms with Crippen molar-refractivity contribution in [3.05, 3.63) is 24.3 Å². The van der Waals surface area contributed by atoms with Crippen molar-refractivity contribution in [1.82, 2.24) is 10.2 Å². The molecule has 25 heavy (non-hydrogen) atoms. The van der Waals surface area contributed by atoms with Crippen LogP contribution in [0.2, 0.25) is 0 Å². The molecule has 0 saturated heterocycles. The number of nitrogens with one attached hydrogen (secondary N) is 3. The number of guanidine groups is 1. The lowest BCUT2D eigenvalue weighted by Gasteiger charge is -2.19. The second-order valence-electron chi connectivity index (χ2n) is 5.48. The Morgan fingerprint density at radius 2 is 2.04 bits per heavy atom. The molecule has 134 valence electrons. The topological polar surface area (TPSA) is 122 Å². The van der Waals surface area contributed by atoms with Gasteiger partial charge >= 0.3 is 0 Å². The number of aliphatic imine (C=N–C) groups is 2. The summed E-state index contributed by atoms with van der Waals surface area (Å²) in [6, 6.07) is 6.63. The molecule has 0 atom stereocenters. The highest BCUT2D eigenvalue weighted by Gasteiger charge is 2.11. The molecule has 0 unspecified atom stereocenters. The van der Waals surface area contributed by atoms with Crippen LogP contribution in [0.1, 0.15) is 6.92 Å². The van der Waals surface area contributed by atoms with Crippen LogP contribution in [-0.4, -0.2) is 57.5 Å². The Hall–Kier alpha value is -2.80. The largest absolute Gasteiger partial charge is 0.357 e. The molecular formula is C15H21N7O2S. The normalized spacial score (nSPS) is 14.7. The van der Waals surface area contributed by atoms with Crippen molar-refractivity contribution in [1.29, 1.82) is 5.26 Å². The van der Waals surface area contributed by atoms with Gasteiger partial charge in [-0.2, -0.15) is 5.26 Å². The number of nitrogens with zero attached hydrogens (tertiary/aromatic N) is 4. The van der Waals surface area contributed by atoms with Gasteiger partial charge in [-0.05, 0) is 31.2 Å². The lowest BCUT2D eigenvalue weighted by Crippen LogP contribution is -2.38. The van der Waals surface area contributed by atoms with Crippen molar-refractivity contribution in [2.24, 2.45) is 9.98 Å². The molecule has 3 N–H and O–H groups in total. The highest BCUT2D eigenvalue weighted by Crippen LogP contribution is 2.14. The molecular weight excluding hydrogens is 342 g/mol. The molecule has 0 fully saturated rings. The monoisotopic (exact) mass is 363 g/mol. The lowest BCUT2D eigenvalue weighted by molar-refractivity contribution is 0.457. The molecule has 0 spiro atoms. The van der Waals surface area contributed by atoms with Gasteiger partial charge in [0.05, 0.1) is 18.6 Å². The maximum atomic E-state index is 11.2. The van der Waals surface area contributed by atoms with Gasteiger partial charge in [0.1, 0.15) is 0 Å². The van der Waals surface area contributed by atoms with Crippen molar-refractivity contribution < 1.29 is 8.42 Å². The van der Waals surface area contributed by atoms with Crippen molar-refractivity contribution in [2.75, 3.05) is 42.5 Å². The van der Waals surface area contributed by atoms with E-state index in [1.165, 1.54) is 0 Å². The number of amidine groups is 1. The Morgan fingerprint density at radius 1 is 1.36 bits per heavy atom. The van der Waals surface area contributed by atoms with Crippen LogP contribution in [0.15, 0.2) is 34.3 Å². The van der Waals surface area contributed by atoms with Gasteiger partial charge in [-0.15, -0.1) is 4.99 Å². The molecule has 1 heterocycles. The van der Waals surface area contributed by atoms with E-state index in [9.17, 15) is 8.42 Å². The molecule has 1 aliphatic heterocycles. The molecule has 1 aliphatic rings. The van der Waals surface area contributed by atoms with Crippen LogP contribution in [0.5, 0.6) is 0 Å². The van der Waals surface area contributed by atoms with E-state index in [2.05, 4.69) is 30.2 Å². The fourth-order valence-corrected chi connectivity index (χ4v) is 2.88. The van der Waals surface area contributed by atoms with Crippen LogP contribution in [-0.2, 0) is 10.0 Å². The van der Waals surface area contributed by atoms with E-state index >= 15 is 0 Å². The van der Waals surface area contributed by atoms with E-state index < -0.39 is 10.0 Å².